The van der Waals surface area contributed by atoms with Crippen LogP contribution in [0.15, 0.2) is 193 Å². The molecular weight excluding hydrogens is 1530 g/mol. The van der Waals surface area contributed by atoms with Gasteiger partial charge in [-0.25, -0.2) is 64.2 Å². The minimum Gasteiger partial charge on any atom is -0.372 e. The van der Waals surface area contributed by atoms with E-state index in [-0.39, 0.29) is 29.5 Å². The number of aromatic nitrogens is 30. The number of rotatable bonds is 10. The Balaban J connectivity index is 0.000000104. The fourth-order valence-electron chi connectivity index (χ4n) is 11.9. The van der Waals surface area contributed by atoms with Gasteiger partial charge in [0, 0.05) is 87.8 Å². The molecule has 0 radical (unpaired) electrons. The van der Waals surface area contributed by atoms with Crippen LogP contribution in [-0.4, -0.2) is 164 Å². The van der Waals surface area contributed by atoms with Crippen LogP contribution in [0.3, 0.4) is 0 Å². The molecule has 1 aliphatic carbocycles. The molecule has 2 aliphatic rings. The number of halogens is 5. The molecule has 0 bridgehead atoms. The highest BCUT2D eigenvalue weighted by molar-refractivity contribution is 6.37. The Labute approximate surface area is 636 Å². The van der Waals surface area contributed by atoms with Crippen LogP contribution >= 0.6 is 58.0 Å². The van der Waals surface area contributed by atoms with Crippen LogP contribution in [0.2, 0.25) is 20.1 Å². The third kappa shape index (κ3) is 15.0. The zero-order chi connectivity index (χ0) is 75.5. The zero-order valence-electron chi connectivity index (χ0n) is 56.1. The second-order valence-electron chi connectivity index (χ2n) is 23.8. The molecular formula is C68H45Cl5N30O7. The molecule has 0 saturated carbocycles. The predicted molar refractivity (Wildman–Crippen MR) is 399 cm³/mol. The number of nitrogens with zero attached hydrogens (tertiary/aromatic N) is 23. The van der Waals surface area contributed by atoms with Crippen LogP contribution < -0.4 is 17.3 Å². The van der Waals surface area contributed by atoms with Gasteiger partial charge in [-0.15, -0.1) is 20.4 Å². The van der Waals surface area contributed by atoms with Gasteiger partial charge in [-0.3, -0.25) is 37.9 Å². The first kappa shape index (κ1) is 70.5. The lowest BCUT2D eigenvalue weighted by molar-refractivity contribution is 0.131. The summed E-state index contributed by atoms with van der Waals surface area (Å²) in [7, 11) is 3.69. The lowest BCUT2D eigenvalue weighted by atomic mass is 9.91. The van der Waals surface area contributed by atoms with Gasteiger partial charge < -0.3 is 14.7 Å². The number of hydrogen-bond acceptors (Lipinski definition) is 28. The first-order valence-electron chi connectivity index (χ1n) is 32.3. The van der Waals surface area contributed by atoms with E-state index in [1.807, 2.05) is 93.2 Å². The average Bonchev–Trinajstić information content (AvgIpc) is 1.59. The summed E-state index contributed by atoms with van der Waals surface area (Å²) < 4.78 is 22.5. The Morgan fingerprint density at radius 1 is 0.436 bits per heavy atom. The average molecular weight is 1570 g/mol. The van der Waals surface area contributed by atoms with Crippen molar-refractivity contribution in [2.45, 2.75) is 12.5 Å². The Morgan fingerprint density at radius 2 is 0.809 bits per heavy atom. The number of H-pyrrole nitrogens is 7. The Bertz CT molecular complexity index is 6670. The van der Waals surface area contributed by atoms with Crippen molar-refractivity contribution in [2.75, 3.05) is 6.61 Å². The summed E-state index contributed by atoms with van der Waals surface area (Å²) in [6.45, 7) is 0.707. The molecule has 15 heterocycles. The summed E-state index contributed by atoms with van der Waals surface area (Å²) in [6.07, 6.45) is 19.2. The third-order valence-electron chi connectivity index (χ3n) is 16.9. The summed E-state index contributed by atoms with van der Waals surface area (Å²) in [6, 6.07) is 27.9. The number of fused-ring (bicyclic) bond motifs is 5. The second kappa shape index (κ2) is 30.6. The number of tetrazole rings is 2. The van der Waals surface area contributed by atoms with Crippen molar-refractivity contribution < 1.29 is 18.3 Å². The monoisotopic (exact) mass is 1570 g/mol. The Morgan fingerprint density at radius 3 is 1.21 bits per heavy atom. The van der Waals surface area contributed by atoms with E-state index in [1.165, 1.54) is 31.6 Å². The number of nitrogens with one attached hydrogen (secondary N) is 7. The van der Waals surface area contributed by atoms with E-state index in [1.54, 1.807) is 52.1 Å². The maximum Gasteiger partial charge on any atom is 0.439 e. The van der Waals surface area contributed by atoms with E-state index in [2.05, 4.69) is 161 Å². The van der Waals surface area contributed by atoms with E-state index in [4.69, 9.17) is 62.7 Å². The fraction of sp³-hybridized carbons (Fsp3) is 0.0882. The van der Waals surface area contributed by atoms with Gasteiger partial charge in [0.1, 0.15) is 60.1 Å². The third-order valence-corrected chi connectivity index (χ3v) is 18.4. The van der Waals surface area contributed by atoms with E-state index in [9.17, 15) is 14.4 Å². The van der Waals surface area contributed by atoms with Crippen molar-refractivity contribution in [1.29, 1.82) is 0 Å². The number of aromatic amines is 7. The summed E-state index contributed by atoms with van der Waals surface area (Å²) in [4.78, 5) is 88.6. The highest BCUT2D eigenvalue weighted by Gasteiger charge is 2.33. The van der Waals surface area contributed by atoms with Crippen molar-refractivity contribution in [2.24, 2.45) is 20.0 Å². The zero-order valence-corrected chi connectivity index (χ0v) is 59.9. The predicted octanol–water partition coefficient (Wildman–Crippen LogP) is 10.7. The maximum absolute atomic E-state index is 11.1. The van der Waals surface area contributed by atoms with E-state index < -0.39 is 17.3 Å². The van der Waals surface area contributed by atoms with Gasteiger partial charge in [-0.1, -0.05) is 79.6 Å². The SMILES string of the molecule is Clc1cc(-c2cc(-c3nn[nH]n3)ncn2)cc2cc[nH]c12.Cn1ncc2cc(-c3cc(-c4nn[nH]n4)ncn3)cc(Cl)c21.Cn1ncc2cc(-c3cc(-c4noc(=O)[nH]4)ncn3)cc(Cl)c21.O=c1[nH]c(-c2cc(-c3cc(Cl)c4[nH]ccc4c3)ncn2)no1.O=c1[nH]c(-c2cc(C3=CC4CCOC4C(Cl)=C3)ncn2)no1. The molecule has 110 heavy (non-hydrogen) atoms. The van der Waals surface area contributed by atoms with Crippen LogP contribution in [-0.2, 0) is 18.8 Å². The molecule has 42 heteroatoms. The molecule has 0 spiro atoms. The fourth-order valence-corrected chi connectivity index (χ4v) is 13.5. The largest absolute Gasteiger partial charge is 0.439 e. The number of allylic oxidation sites excluding steroid dienone is 2. The molecule has 1 fully saturated rings. The summed E-state index contributed by atoms with van der Waals surface area (Å²) in [5, 5.41) is 53.8. The van der Waals surface area contributed by atoms with Crippen molar-refractivity contribution in [1.82, 2.24) is 151 Å². The number of hydrogen-bond donors (Lipinski definition) is 7. The number of aryl methyl sites for hydroxylation is 2. The summed E-state index contributed by atoms with van der Waals surface area (Å²) in [5.74, 6) is -0.0350. The van der Waals surface area contributed by atoms with Gasteiger partial charge in [0.15, 0.2) is 0 Å². The van der Waals surface area contributed by atoms with Crippen LogP contribution in [0.5, 0.6) is 0 Å². The van der Waals surface area contributed by atoms with Crippen molar-refractivity contribution in [3.8, 4) is 103 Å². The summed E-state index contributed by atoms with van der Waals surface area (Å²) >= 11 is 31.5. The van der Waals surface area contributed by atoms with Gasteiger partial charge in [-0.2, -0.15) is 20.6 Å². The minimum absolute atomic E-state index is 0.0429. The van der Waals surface area contributed by atoms with Gasteiger partial charge in [-0.05, 0) is 119 Å². The number of benzene rings is 4. The molecule has 2 atom stereocenters. The van der Waals surface area contributed by atoms with E-state index in [0.717, 1.165) is 89.2 Å². The number of ether oxygens (including phenoxy) is 1. The quantitative estimate of drug-likeness (QED) is 0.0668. The molecule has 1 saturated heterocycles. The lowest BCUT2D eigenvalue weighted by Gasteiger charge is -2.20. The molecule has 1 aliphatic heterocycles. The molecule has 544 valence electrons. The van der Waals surface area contributed by atoms with Gasteiger partial charge in [0.05, 0.1) is 89.1 Å². The molecule has 37 nitrogen and oxygen atoms in total. The van der Waals surface area contributed by atoms with E-state index in [0.29, 0.717) is 88.9 Å². The molecule has 18 aromatic rings. The first-order chi connectivity index (χ1) is 53.6. The van der Waals surface area contributed by atoms with Gasteiger partial charge in [0.2, 0.25) is 29.1 Å². The van der Waals surface area contributed by atoms with Crippen molar-refractivity contribution in [3.05, 3.63) is 222 Å². The standard InChI is InChI=1S/C14H9ClN6O2.C14H8ClN5O2.C14H11ClN4O3.C13H9ClN8.C13H8ClN7/c1-21-12-8(5-18-21)2-7(3-9(12)15)10-4-11(17-6-16-10)13-19-14(22)23-20-13;15-9-4-8(3-7-1-2-16-12(7)9)10-5-11(18-6-17-10)13-19-14(21)22-20-13;15-9-4-8(3-7-1-2-21-12(7)9)10-5-11(17-6-16-10)13-18-14(20)22-19-13;1-22-12-8(5-17-22)2-7(3-9(12)14)10-4-11(16-6-15-10)13-18-20-21-19-13;14-9-4-8(3-7-1-2-15-12(7)9)10-5-11(17-6-16-10)13-18-20-21-19-13/h2-6H,1H3,(H,19,20,22);1-6,16H,(H,19,20,21);3-7,12H,1-2H2,(H,18,19,20);2-6H,1H3,(H,18,19,20,21);1-6,15H,(H,18,19,20,21). The first-order valence-corrected chi connectivity index (χ1v) is 34.2. The van der Waals surface area contributed by atoms with Gasteiger partial charge in [0.25, 0.3) is 0 Å². The molecule has 0 amide bonds. The maximum atomic E-state index is 11.1. The molecule has 2 unspecified atom stereocenters. The lowest BCUT2D eigenvalue weighted by Crippen LogP contribution is -2.18. The van der Waals surface area contributed by atoms with Crippen molar-refractivity contribution in [3.63, 3.8) is 0 Å². The summed E-state index contributed by atoms with van der Waals surface area (Å²) in [5.41, 5.74) is 13.9. The molecule has 14 aromatic heterocycles. The second-order valence-corrected chi connectivity index (χ2v) is 25.8. The molecule has 7 N–H and O–H groups in total. The normalized spacial score (nSPS) is 13.7. The van der Waals surface area contributed by atoms with E-state index >= 15 is 0 Å². The van der Waals surface area contributed by atoms with Crippen LogP contribution in [0, 0.1) is 5.92 Å². The molecule has 20 rings (SSSR count). The Hall–Kier alpha value is -13.9. The van der Waals surface area contributed by atoms with Gasteiger partial charge >= 0.3 is 17.3 Å². The van der Waals surface area contributed by atoms with Crippen LogP contribution in [0.25, 0.3) is 152 Å². The smallest absolute Gasteiger partial charge is 0.372 e. The highest BCUT2D eigenvalue weighted by Crippen LogP contribution is 2.39. The minimum atomic E-state index is -0.639. The highest BCUT2D eigenvalue weighted by atomic mass is 35.5. The van der Waals surface area contributed by atoms with Crippen molar-refractivity contribution >= 4 is 107 Å². The van der Waals surface area contributed by atoms with Crippen LogP contribution in [0.1, 0.15) is 12.1 Å². The Kier molecular flexibility index (Phi) is 19.6. The molecule has 4 aromatic carbocycles. The van der Waals surface area contributed by atoms with Crippen LogP contribution in [0.4, 0.5) is 0 Å². The topological polar surface area (TPSA) is 491 Å².